The molecule has 2 amide bonds. The number of morpholine rings is 1. The minimum atomic E-state index is -4.40. The minimum absolute atomic E-state index is 0.00461. The van der Waals surface area contributed by atoms with E-state index in [9.17, 15) is 27.9 Å². The Hall–Kier alpha value is -1.65. The lowest BCUT2D eigenvalue weighted by atomic mass is 9.61. The van der Waals surface area contributed by atoms with Gasteiger partial charge < -0.3 is 20.1 Å². The molecule has 0 aromatic carbocycles. The van der Waals surface area contributed by atoms with Crippen LogP contribution >= 0.6 is 0 Å². The molecular formula is C31H48F3N3O4. The predicted octanol–water partition coefficient (Wildman–Crippen LogP) is 4.30. The number of halogens is 3. The Balaban J connectivity index is 1.44. The van der Waals surface area contributed by atoms with Gasteiger partial charge in [-0.25, -0.2) is 0 Å². The molecule has 41 heavy (non-hydrogen) atoms. The number of nitrogens with one attached hydrogen (secondary N) is 1. The summed E-state index contributed by atoms with van der Waals surface area (Å²) in [6, 6.07) is -0.409. The van der Waals surface area contributed by atoms with E-state index in [1.165, 1.54) is 0 Å². The van der Waals surface area contributed by atoms with Crippen LogP contribution in [0.5, 0.6) is 0 Å². The van der Waals surface area contributed by atoms with Gasteiger partial charge in [0.15, 0.2) is 0 Å². The number of aliphatic hydroxyl groups excluding tert-OH is 1. The fraction of sp³-hybridized carbons (Fsp3) is 0.871. The van der Waals surface area contributed by atoms with Crippen LogP contribution in [0.4, 0.5) is 13.2 Å². The third kappa shape index (κ3) is 7.12. The van der Waals surface area contributed by atoms with Crippen molar-refractivity contribution in [3.8, 4) is 0 Å². The van der Waals surface area contributed by atoms with E-state index in [2.05, 4.69) is 10.2 Å². The maximum absolute atomic E-state index is 14.2. The van der Waals surface area contributed by atoms with Crippen molar-refractivity contribution >= 4 is 11.8 Å². The van der Waals surface area contributed by atoms with Gasteiger partial charge in [0.05, 0.1) is 19.1 Å². The lowest BCUT2D eigenvalue weighted by molar-refractivity contribution is -0.160. The number of piperidine rings is 1. The minimum Gasteiger partial charge on any atom is -0.396 e. The maximum atomic E-state index is 14.2. The number of carbonyl (C=O) groups is 2. The number of nitrogens with zero attached hydrogens (tertiary/aromatic N) is 2. The highest BCUT2D eigenvalue weighted by molar-refractivity contribution is 5.87. The number of amides is 2. The van der Waals surface area contributed by atoms with E-state index in [1.807, 2.05) is 0 Å². The number of allylic oxidation sites excluding steroid dienone is 1. The standard InChI is InChI=1S/C31H48F3N3O4/c32-31(33,34)26-8-4-1-5-23(26)19-37-28(22-11-9-21(20-38)10-12-22)27(24-6-2-3-7-25(24)30(37)40)29(39)35-13-14-36-15-17-41-18-16-36/h21-22,24-25,27-28,38H,1-20H2,(H,35,39)/t21?,22?,24?,25?,27-,28+/m1/s1. The van der Waals surface area contributed by atoms with Crippen LogP contribution < -0.4 is 5.32 Å². The molecule has 2 N–H and O–H groups in total. The number of fused-ring (bicyclic) bond motifs is 1. The molecule has 232 valence electrons. The summed E-state index contributed by atoms with van der Waals surface area (Å²) in [5.74, 6) is -0.632. The molecule has 5 rings (SSSR count). The zero-order valence-corrected chi connectivity index (χ0v) is 24.3. The van der Waals surface area contributed by atoms with Crippen LogP contribution in [0.3, 0.4) is 0 Å². The topological polar surface area (TPSA) is 82.1 Å². The number of carbonyl (C=O) groups excluding carboxylic acids is 2. The van der Waals surface area contributed by atoms with Crippen molar-refractivity contribution in [1.82, 2.24) is 15.1 Å². The van der Waals surface area contributed by atoms with Crippen molar-refractivity contribution in [3.63, 3.8) is 0 Å². The van der Waals surface area contributed by atoms with Crippen molar-refractivity contribution in [2.75, 3.05) is 52.5 Å². The number of hydrogen-bond donors (Lipinski definition) is 2. The monoisotopic (exact) mass is 583 g/mol. The number of aliphatic hydroxyl groups is 1. The quantitative estimate of drug-likeness (QED) is 0.417. The smallest absolute Gasteiger partial charge is 0.396 e. The number of hydrogen-bond acceptors (Lipinski definition) is 5. The first-order chi connectivity index (χ1) is 19.8. The molecule has 0 aromatic heterocycles. The van der Waals surface area contributed by atoms with Gasteiger partial charge in [-0.15, -0.1) is 0 Å². The Labute approximate surface area is 242 Å². The summed E-state index contributed by atoms with van der Waals surface area (Å²) in [6.07, 6.45) is 3.75. The molecule has 0 bridgehead atoms. The van der Waals surface area contributed by atoms with Crippen LogP contribution in [-0.4, -0.2) is 91.5 Å². The Bertz CT molecular complexity index is 943. The van der Waals surface area contributed by atoms with E-state index in [0.717, 1.165) is 64.6 Å². The highest BCUT2D eigenvalue weighted by Gasteiger charge is 2.54. The van der Waals surface area contributed by atoms with Gasteiger partial charge in [-0.05, 0) is 87.5 Å². The summed E-state index contributed by atoms with van der Waals surface area (Å²) in [5.41, 5.74) is -0.122. The third-order valence-electron chi connectivity index (χ3n) is 10.7. The van der Waals surface area contributed by atoms with E-state index in [4.69, 9.17) is 4.74 Å². The highest BCUT2D eigenvalue weighted by Crippen LogP contribution is 2.49. The van der Waals surface area contributed by atoms with E-state index < -0.39 is 23.7 Å². The van der Waals surface area contributed by atoms with Gasteiger partial charge in [0, 0.05) is 56.9 Å². The van der Waals surface area contributed by atoms with E-state index in [-0.39, 0.29) is 55.1 Å². The van der Waals surface area contributed by atoms with Crippen molar-refractivity contribution in [3.05, 3.63) is 11.1 Å². The zero-order chi connectivity index (χ0) is 29.0. The van der Waals surface area contributed by atoms with Crippen LogP contribution in [0.2, 0.25) is 0 Å². The molecule has 0 spiro atoms. The van der Waals surface area contributed by atoms with Gasteiger partial charge in [-0.3, -0.25) is 14.5 Å². The molecule has 3 aliphatic carbocycles. The first kappa shape index (κ1) is 30.8. The molecule has 10 heteroatoms. The average molecular weight is 584 g/mol. The molecule has 2 aliphatic heterocycles. The van der Waals surface area contributed by atoms with Crippen molar-refractivity contribution in [2.45, 2.75) is 89.3 Å². The second kappa shape index (κ2) is 13.8. The molecule has 0 radical (unpaired) electrons. The molecule has 2 unspecified atom stereocenters. The Kier molecular flexibility index (Phi) is 10.3. The van der Waals surface area contributed by atoms with Crippen molar-refractivity contribution in [1.29, 1.82) is 0 Å². The van der Waals surface area contributed by atoms with Crippen molar-refractivity contribution < 1.29 is 32.6 Å². The molecule has 5 aliphatic rings. The molecule has 0 aromatic rings. The van der Waals surface area contributed by atoms with Gasteiger partial charge in [-0.1, -0.05) is 12.8 Å². The molecule has 2 saturated carbocycles. The molecular weight excluding hydrogens is 535 g/mol. The summed E-state index contributed by atoms with van der Waals surface area (Å²) in [5, 5.41) is 13.0. The van der Waals surface area contributed by atoms with Gasteiger partial charge in [-0.2, -0.15) is 13.2 Å². The Morgan fingerprint density at radius 1 is 0.976 bits per heavy atom. The van der Waals surface area contributed by atoms with Crippen molar-refractivity contribution in [2.24, 2.45) is 29.6 Å². The molecule has 4 atom stereocenters. The Morgan fingerprint density at radius 3 is 2.39 bits per heavy atom. The first-order valence-electron chi connectivity index (χ1n) is 16.0. The number of ether oxygens (including phenoxy) is 1. The zero-order valence-electron chi connectivity index (χ0n) is 24.3. The summed E-state index contributed by atoms with van der Waals surface area (Å²) in [6.45, 7) is 4.38. The largest absolute Gasteiger partial charge is 0.412 e. The SMILES string of the molecule is O=C(NCCN1CCOCC1)[C@@H]1C2CCCCC2C(=O)N(CC2=C(C(F)(F)F)CCCC2)[C@H]1C1CCC(CO)CC1. The Morgan fingerprint density at radius 2 is 1.68 bits per heavy atom. The van der Waals surface area contributed by atoms with Crippen LogP contribution in [-0.2, 0) is 14.3 Å². The summed E-state index contributed by atoms with van der Waals surface area (Å²) < 4.78 is 47.7. The summed E-state index contributed by atoms with van der Waals surface area (Å²) in [7, 11) is 0. The third-order valence-corrected chi connectivity index (χ3v) is 10.7. The fourth-order valence-electron chi connectivity index (χ4n) is 8.47. The van der Waals surface area contributed by atoms with Crippen LogP contribution in [0.1, 0.15) is 77.0 Å². The summed E-state index contributed by atoms with van der Waals surface area (Å²) in [4.78, 5) is 32.3. The van der Waals surface area contributed by atoms with E-state index in [0.29, 0.717) is 51.0 Å². The molecule has 7 nitrogen and oxygen atoms in total. The first-order valence-corrected chi connectivity index (χ1v) is 16.0. The fourth-order valence-corrected chi connectivity index (χ4v) is 8.47. The van der Waals surface area contributed by atoms with Gasteiger partial charge in [0.1, 0.15) is 0 Å². The normalized spacial score (nSPS) is 34.0. The summed E-state index contributed by atoms with van der Waals surface area (Å²) >= 11 is 0. The molecule has 2 heterocycles. The lowest BCUT2D eigenvalue weighted by Gasteiger charge is -2.53. The van der Waals surface area contributed by atoms with E-state index in [1.54, 1.807) is 4.90 Å². The van der Waals surface area contributed by atoms with Crippen LogP contribution in [0.15, 0.2) is 11.1 Å². The lowest BCUT2D eigenvalue weighted by Crippen LogP contribution is -2.64. The molecule has 2 saturated heterocycles. The second-order valence-electron chi connectivity index (χ2n) is 13.0. The molecule has 4 fully saturated rings. The van der Waals surface area contributed by atoms with Gasteiger partial charge in [0.25, 0.3) is 0 Å². The highest BCUT2D eigenvalue weighted by atomic mass is 19.4. The van der Waals surface area contributed by atoms with Crippen LogP contribution in [0, 0.1) is 29.6 Å². The van der Waals surface area contributed by atoms with E-state index >= 15 is 0 Å². The predicted molar refractivity (Wildman–Crippen MR) is 149 cm³/mol. The van der Waals surface area contributed by atoms with Crippen LogP contribution in [0.25, 0.3) is 0 Å². The maximum Gasteiger partial charge on any atom is 0.412 e. The average Bonchev–Trinajstić information content (AvgIpc) is 2.98. The van der Waals surface area contributed by atoms with Gasteiger partial charge >= 0.3 is 6.18 Å². The van der Waals surface area contributed by atoms with Gasteiger partial charge in [0.2, 0.25) is 11.8 Å². The number of alkyl halides is 3. The number of rotatable bonds is 8. The second-order valence-corrected chi connectivity index (χ2v) is 13.0. The number of likely N-dealkylation sites (tertiary alicyclic amines) is 1.